The lowest BCUT2D eigenvalue weighted by Crippen LogP contribution is -2.26. The number of hydrogen-bond acceptors (Lipinski definition) is 5. The van der Waals surface area contributed by atoms with Gasteiger partial charge in [0.1, 0.15) is 11.6 Å². The first-order chi connectivity index (χ1) is 18.1. The van der Waals surface area contributed by atoms with Gasteiger partial charge in [-0.05, 0) is 60.7 Å². The molecule has 3 rings (SSSR count). The lowest BCUT2D eigenvalue weighted by molar-refractivity contribution is -0.140. The molecule has 1 heterocycles. The molecular formula is C28H28F4N2O4. The van der Waals surface area contributed by atoms with Gasteiger partial charge in [-0.25, -0.2) is 4.39 Å². The number of esters is 1. The van der Waals surface area contributed by atoms with Crippen LogP contribution in [0.1, 0.15) is 53.6 Å². The van der Waals surface area contributed by atoms with Crippen molar-refractivity contribution in [2.24, 2.45) is 0 Å². The number of aromatic nitrogens is 1. The van der Waals surface area contributed by atoms with Gasteiger partial charge in [0.2, 0.25) is 0 Å². The van der Waals surface area contributed by atoms with Crippen molar-refractivity contribution in [1.82, 2.24) is 10.3 Å². The normalized spacial score (nSPS) is 12.1. The molecule has 0 saturated heterocycles. The van der Waals surface area contributed by atoms with Crippen LogP contribution < -0.4 is 10.1 Å². The molecule has 0 aliphatic heterocycles. The molecule has 0 aliphatic carbocycles. The van der Waals surface area contributed by atoms with Crippen LogP contribution >= 0.6 is 0 Å². The summed E-state index contributed by atoms with van der Waals surface area (Å²) in [6.45, 7) is 2.30. The van der Waals surface area contributed by atoms with E-state index in [0.717, 1.165) is 12.1 Å². The maximum atomic E-state index is 14.8. The van der Waals surface area contributed by atoms with Crippen LogP contribution in [0, 0.1) is 5.82 Å². The first-order valence-corrected chi connectivity index (χ1v) is 12.0. The summed E-state index contributed by atoms with van der Waals surface area (Å²) in [5.41, 5.74) is 0.955. The van der Waals surface area contributed by atoms with Gasteiger partial charge in [0.25, 0.3) is 5.91 Å². The number of nitrogens with zero attached hydrogens (tertiary/aromatic N) is 1. The standard InChI is InChI=1S/C28H28F4N2O4/c1-3-18(23-10-6-20(16-24(23)29)27(36)33-14-12-26(35)37-2)13-15-38-22-9-11-25(34-17-22)19-4-7-21(8-5-19)28(30,31)32/h4-11,16-18H,3,12-15H2,1-2H3,(H,33,36). The molecule has 1 N–H and O–H groups in total. The second kappa shape index (κ2) is 13.0. The zero-order chi connectivity index (χ0) is 27.7. The van der Waals surface area contributed by atoms with E-state index in [1.165, 1.54) is 31.5 Å². The van der Waals surface area contributed by atoms with E-state index in [0.29, 0.717) is 35.4 Å². The lowest BCUT2D eigenvalue weighted by Gasteiger charge is -2.17. The predicted octanol–water partition coefficient (Wildman–Crippen LogP) is 6.16. The Bertz CT molecular complexity index is 1230. The van der Waals surface area contributed by atoms with Gasteiger partial charge in [0, 0.05) is 17.7 Å². The average Bonchev–Trinajstić information content (AvgIpc) is 2.91. The molecular weight excluding hydrogens is 504 g/mol. The number of carbonyl (C=O) groups excluding carboxylic acids is 2. The summed E-state index contributed by atoms with van der Waals surface area (Å²) in [5, 5.41) is 2.55. The fourth-order valence-corrected chi connectivity index (χ4v) is 3.85. The van der Waals surface area contributed by atoms with Crippen molar-refractivity contribution in [2.45, 2.75) is 38.3 Å². The highest BCUT2D eigenvalue weighted by Gasteiger charge is 2.30. The Kier molecular flexibility index (Phi) is 9.81. The number of amides is 1. The van der Waals surface area contributed by atoms with E-state index >= 15 is 0 Å². The van der Waals surface area contributed by atoms with Crippen molar-refractivity contribution in [3.05, 3.63) is 83.3 Å². The molecule has 0 bridgehead atoms. The van der Waals surface area contributed by atoms with Gasteiger partial charge in [-0.3, -0.25) is 14.6 Å². The Morgan fingerprint density at radius 3 is 2.37 bits per heavy atom. The summed E-state index contributed by atoms with van der Waals surface area (Å²) in [6.07, 6.45) is -1.72. The molecule has 0 spiro atoms. The van der Waals surface area contributed by atoms with Gasteiger partial charge >= 0.3 is 12.1 Å². The maximum absolute atomic E-state index is 14.8. The SMILES string of the molecule is CCC(CCOc1ccc(-c2ccc(C(F)(F)F)cc2)nc1)c1ccc(C(=O)NCCC(=O)OC)cc1F. The molecule has 202 valence electrons. The zero-order valence-corrected chi connectivity index (χ0v) is 21.0. The first kappa shape index (κ1) is 28.6. The van der Waals surface area contributed by atoms with Gasteiger partial charge in [-0.15, -0.1) is 0 Å². The van der Waals surface area contributed by atoms with Crippen molar-refractivity contribution in [3.8, 4) is 17.0 Å². The summed E-state index contributed by atoms with van der Waals surface area (Å²) < 4.78 is 63.3. The molecule has 1 amide bonds. The summed E-state index contributed by atoms with van der Waals surface area (Å²) in [6, 6.07) is 12.4. The van der Waals surface area contributed by atoms with E-state index in [9.17, 15) is 27.2 Å². The Labute approximate surface area is 218 Å². The van der Waals surface area contributed by atoms with Gasteiger partial charge in [-0.1, -0.05) is 25.1 Å². The van der Waals surface area contributed by atoms with Crippen LogP contribution in [0.2, 0.25) is 0 Å². The van der Waals surface area contributed by atoms with Gasteiger partial charge in [0.15, 0.2) is 0 Å². The third-order valence-electron chi connectivity index (χ3n) is 6.02. The fourth-order valence-electron chi connectivity index (χ4n) is 3.85. The third kappa shape index (κ3) is 7.77. The molecule has 0 aliphatic rings. The van der Waals surface area contributed by atoms with Crippen molar-refractivity contribution >= 4 is 11.9 Å². The van der Waals surface area contributed by atoms with Gasteiger partial charge < -0.3 is 14.8 Å². The predicted molar refractivity (Wildman–Crippen MR) is 133 cm³/mol. The number of benzene rings is 2. The highest BCUT2D eigenvalue weighted by molar-refractivity contribution is 5.94. The Balaban J connectivity index is 1.54. The molecule has 3 aromatic rings. The molecule has 1 aromatic heterocycles. The molecule has 0 saturated carbocycles. The maximum Gasteiger partial charge on any atom is 0.416 e. The molecule has 10 heteroatoms. The number of methoxy groups -OCH3 is 1. The van der Waals surface area contributed by atoms with Crippen LogP contribution in [0.25, 0.3) is 11.3 Å². The quantitative estimate of drug-likeness (QED) is 0.236. The zero-order valence-electron chi connectivity index (χ0n) is 21.0. The molecule has 6 nitrogen and oxygen atoms in total. The van der Waals surface area contributed by atoms with E-state index in [4.69, 9.17) is 4.74 Å². The number of carbonyl (C=O) groups is 2. The number of ether oxygens (including phenoxy) is 2. The topological polar surface area (TPSA) is 77.5 Å². The van der Waals surface area contributed by atoms with Crippen LogP contribution in [0.4, 0.5) is 17.6 Å². The minimum Gasteiger partial charge on any atom is -0.492 e. The summed E-state index contributed by atoms with van der Waals surface area (Å²) >= 11 is 0. The minimum absolute atomic E-state index is 0.0218. The average molecular weight is 533 g/mol. The smallest absolute Gasteiger partial charge is 0.416 e. The number of halogens is 4. The van der Waals surface area contributed by atoms with Crippen molar-refractivity contribution in [2.75, 3.05) is 20.3 Å². The second-order valence-corrected chi connectivity index (χ2v) is 8.51. The summed E-state index contributed by atoms with van der Waals surface area (Å²) in [7, 11) is 1.26. The van der Waals surface area contributed by atoms with Crippen molar-refractivity contribution in [3.63, 3.8) is 0 Å². The summed E-state index contributed by atoms with van der Waals surface area (Å²) in [5.74, 6) is -1.10. The molecule has 38 heavy (non-hydrogen) atoms. The third-order valence-corrected chi connectivity index (χ3v) is 6.02. The molecule has 2 aromatic carbocycles. The number of alkyl halides is 3. The Hall–Kier alpha value is -3.95. The van der Waals surface area contributed by atoms with E-state index in [-0.39, 0.29) is 31.1 Å². The van der Waals surface area contributed by atoms with E-state index in [2.05, 4.69) is 15.0 Å². The molecule has 1 atom stereocenters. The van der Waals surface area contributed by atoms with Crippen molar-refractivity contribution in [1.29, 1.82) is 0 Å². The van der Waals surface area contributed by atoms with Gasteiger partial charge in [-0.2, -0.15) is 13.2 Å². The monoisotopic (exact) mass is 532 g/mol. The van der Waals surface area contributed by atoms with E-state index < -0.39 is 29.4 Å². The number of nitrogens with one attached hydrogen (secondary N) is 1. The minimum atomic E-state index is -4.40. The number of rotatable bonds is 11. The molecule has 0 fully saturated rings. The lowest BCUT2D eigenvalue weighted by atomic mass is 9.92. The molecule has 0 radical (unpaired) electrons. The largest absolute Gasteiger partial charge is 0.492 e. The van der Waals surface area contributed by atoms with Crippen LogP contribution in [0.3, 0.4) is 0 Å². The number of hydrogen-bond donors (Lipinski definition) is 1. The fraction of sp³-hybridized carbons (Fsp3) is 0.321. The number of pyridine rings is 1. The Morgan fingerprint density at radius 2 is 1.79 bits per heavy atom. The Morgan fingerprint density at radius 1 is 1.05 bits per heavy atom. The first-order valence-electron chi connectivity index (χ1n) is 12.0. The highest BCUT2D eigenvalue weighted by atomic mass is 19.4. The van der Waals surface area contributed by atoms with Crippen LogP contribution in [0.15, 0.2) is 60.8 Å². The molecule has 1 unspecified atom stereocenters. The van der Waals surface area contributed by atoms with Crippen LogP contribution in [0.5, 0.6) is 5.75 Å². The van der Waals surface area contributed by atoms with Crippen LogP contribution in [-0.4, -0.2) is 37.1 Å². The van der Waals surface area contributed by atoms with Crippen LogP contribution in [-0.2, 0) is 15.7 Å². The second-order valence-electron chi connectivity index (χ2n) is 8.51. The van der Waals surface area contributed by atoms with E-state index in [1.54, 1.807) is 24.3 Å². The highest BCUT2D eigenvalue weighted by Crippen LogP contribution is 2.31. The van der Waals surface area contributed by atoms with E-state index in [1.807, 2.05) is 6.92 Å². The summed E-state index contributed by atoms with van der Waals surface area (Å²) in [4.78, 5) is 27.6. The van der Waals surface area contributed by atoms with Gasteiger partial charge in [0.05, 0.1) is 37.6 Å². The van der Waals surface area contributed by atoms with Crippen molar-refractivity contribution < 1.29 is 36.6 Å².